The van der Waals surface area contributed by atoms with Crippen LogP contribution in [0.2, 0.25) is 0 Å². The highest BCUT2D eigenvalue weighted by atomic mass is 16.1. The Morgan fingerprint density at radius 2 is 2.09 bits per heavy atom. The molecule has 0 aliphatic carbocycles. The molecular weight excluding hydrogens is 140 g/mol. The molecule has 0 saturated carbocycles. The van der Waals surface area contributed by atoms with Gasteiger partial charge < -0.3 is 10.2 Å². The molecule has 1 fully saturated rings. The lowest BCUT2D eigenvalue weighted by Crippen LogP contribution is -2.30. The van der Waals surface area contributed by atoms with Crippen molar-refractivity contribution in [3.05, 3.63) is 0 Å². The Morgan fingerprint density at radius 3 is 2.73 bits per heavy atom. The molecule has 0 amide bonds. The predicted molar refractivity (Wildman–Crippen MR) is 44.2 cm³/mol. The highest BCUT2D eigenvalue weighted by molar-refractivity contribution is 5.52. The van der Waals surface area contributed by atoms with Gasteiger partial charge in [0.05, 0.1) is 6.54 Å². The van der Waals surface area contributed by atoms with Gasteiger partial charge in [-0.3, -0.25) is 4.79 Å². The number of nitrogens with zero attached hydrogens (tertiary/aromatic N) is 1. The summed E-state index contributed by atoms with van der Waals surface area (Å²) in [5, 5.41) is 3.00. The predicted octanol–water partition coefficient (Wildman–Crippen LogP) is -0.218. The van der Waals surface area contributed by atoms with Crippen LogP contribution in [0.1, 0.15) is 12.8 Å². The second-order valence-corrected chi connectivity index (χ2v) is 2.87. The van der Waals surface area contributed by atoms with E-state index in [1.165, 1.54) is 25.9 Å². The summed E-state index contributed by atoms with van der Waals surface area (Å²) in [6.07, 6.45) is 4.48. The summed E-state index contributed by atoms with van der Waals surface area (Å²) >= 11 is 0. The van der Waals surface area contributed by atoms with Crippen molar-refractivity contribution in [2.75, 3.05) is 32.7 Å². The van der Waals surface area contributed by atoms with Crippen LogP contribution in [0.25, 0.3) is 0 Å². The van der Waals surface area contributed by atoms with Gasteiger partial charge in [-0.25, -0.2) is 0 Å². The molecule has 11 heavy (non-hydrogen) atoms. The highest BCUT2D eigenvalue weighted by Crippen LogP contribution is 2.05. The lowest BCUT2D eigenvalue weighted by Gasteiger charge is -2.13. The molecule has 0 spiro atoms. The molecule has 1 aliphatic heterocycles. The maximum absolute atomic E-state index is 9.80. The van der Waals surface area contributed by atoms with Crippen molar-refractivity contribution >= 4 is 6.29 Å². The van der Waals surface area contributed by atoms with Gasteiger partial charge in [0.15, 0.2) is 0 Å². The van der Waals surface area contributed by atoms with Crippen LogP contribution in [0, 0.1) is 0 Å². The lowest BCUT2D eigenvalue weighted by atomic mass is 10.4. The normalized spacial score (nSPS) is 18.9. The molecule has 0 aromatic heterocycles. The summed E-state index contributed by atoms with van der Waals surface area (Å²) in [5.41, 5.74) is 0. The van der Waals surface area contributed by atoms with E-state index in [0.29, 0.717) is 6.54 Å². The molecule has 0 bridgehead atoms. The standard InChI is InChI=1S/C8H15N2O/c11-8-4-9-3-7-10-5-1-2-6-10/h9H,1-7H2. The number of likely N-dealkylation sites (tertiary alicyclic amines) is 1. The number of hydrogen-bond acceptors (Lipinski definition) is 3. The summed E-state index contributed by atoms with van der Waals surface area (Å²) in [6.45, 7) is 4.81. The maximum Gasteiger partial charge on any atom is 0.213 e. The van der Waals surface area contributed by atoms with Crippen LogP contribution < -0.4 is 5.32 Å². The summed E-state index contributed by atoms with van der Waals surface area (Å²) in [6, 6.07) is 0. The van der Waals surface area contributed by atoms with Crippen LogP contribution in [0.4, 0.5) is 0 Å². The molecule has 0 unspecified atom stereocenters. The Hall–Kier alpha value is -0.410. The Labute approximate surface area is 67.8 Å². The fourth-order valence-corrected chi connectivity index (χ4v) is 1.38. The van der Waals surface area contributed by atoms with E-state index in [2.05, 4.69) is 10.2 Å². The Kier molecular flexibility index (Phi) is 4.16. The minimum atomic E-state index is 0.369. The van der Waals surface area contributed by atoms with Gasteiger partial charge >= 0.3 is 0 Å². The number of nitrogens with one attached hydrogen (secondary N) is 1. The van der Waals surface area contributed by atoms with Crippen molar-refractivity contribution in [3.8, 4) is 0 Å². The molecule has 63 valence electrons. The van der Waals surface area contributed by atoms with Crippen molar-refractivity contribution in [3.63, 3.8) is 0 Å². The quantitative estimate of drug-likeness (QED) is 0.557. The van der Waals surface area contributed by atoms with Gasteiger partial charge in [0.1, 0.15) is 0 Å². The molecule has 0 atom stereocenters. The second-order valence-electron chi connectivity index (χ2n) is 2.87. The molecule has 1 aliphatic rings. The van der Waals surface area contributed by atoms with Crippen molar-refractivity contribution < 1.29 is 4.79 Å². The first-order valence-corrected chi connectivity index (χ1v) is 4.21. The third kappa shape index (κ3) is 3.49. The summed E-state index contributed by atoms with van der Waals surface area (Å²) in [4.78, 5) is 12.2. The van der Waals surface area contributed by atoms with Crippen molar-refractivity contribution in [2.45, 2.75) is 12.8 Å². The average Bonchev–Trinajstić information content (AvgIpc) is 2.50. The van der Waals surface area contributed by atoms with Gasteiger partial charge in [0.25, 0.3) is 0 Å². The average molecular weight is 155 g/mol. The smallest absolute Gasteiger partial charge is 0.213 e. The summed E-state index contributed by atoms with van der Waals surface area (Å²) < 4.78 is 0. The first kappa shape index (κ1) is 8.68. The fraction of sp³-hybridized carbons (Fsp3) is 0.875. The molecule has 3 heteroatoms. The van der Waals surface area contributed by atoms with Crippen LogP contribution in [0.15, 0.2) is 0 Å². The van der Waals surface area contributed by atoms with E-state index in [-0.39, 0.29) is 0 Å². The monoisotopic (exact) mass is 155 g/mol. The van der Waals surface area contributed by atoms with Crippen LogP contribution in [-0.4, -0.2) is 43.9 Å². The topological polar surface area (TPSA) is 32.3 Å². The van der Waals surface area contributed by atoms with Crippen LogP contribution in [-0.2, 0) is 4.79 Å². The molecule has 1 heterocycles. The molecule has 1 saturated heterocycles. The molecule has 1 rings (SSSR count). The van der Waals surface area contributed by atoms with E-state index >= 15 is 0 Å². The maximum atomic E-state index is 9.80. The summed E-state index contributed by atoms with van der Waals surface area (Å²) in [5.74, 6) is 0. The van der Waals surface area contributed by atoms with E-state index in [9.17, 15) is 4.79 Å². The lowest BCUT2D eigenvalue weighted by molar-refractivity contribution is 0.338. The van der Waals surface area contributed by atoms with Gasteiger partial charge in [-0.15, -0.1) is 0 Å². The number of hydrogen-bond donors (Lipinski definition) is 1. The Morgan fingerprint density at radius 1 is 1.36 bits per heavy atom. The molecule has 1 N–H and O–H groups in total. The van der Waals surface area contributed by atoms with E-state index < -0.39 is 0 Å². The second kappa shape index (κ2) is 5.27. The minimum absolute atomic E-state index is 0.369. The zero-order chi connectivity index (χ0) is 7.94. The molecule has 0 aromatic carbocycles. The molecule has 1 radical (unpaired) electrons. The first-order valence-electron chi connectivity index (χ1n) is 4.21. The van der Waals surface area contributed by atoms with Crippen LogP contribution in [0.5, 0.6) is 0 Å². The molecule has 0 aromatic rings. The third-order valence-electron chi connectivity index (χ3n) is 2.00. The fourth-order valence-electron chi connectivity index (χ4n) is 1.38. The van der Waals surface area contributed by atoms with Gasteiger partial charge in [-0.1, -0.05) is 0 Å². The Bertz CT molecular complexity index is 111. The van der Waals surface area contributed by atoms with Gasteiger partial charge in [-0.05, 0) is 25.9 Å². The Balaban J connectivity index is 1.89. The van der Waals surface area contributed by atoms with E-state index in [4.69, 9.17) is 0 Å². The van der Waals surface area contributed by atoms with Gasteiger partial charge in [0.2, 0.25) is 6.29 Å². The third-order valence-corrected chi connectivity index (χ3v) is 2.00. The zero-order valence-electron chi connectivity index (χ0n) is 6.81. The number of carbonyl (C=O) groups excluding carboxylic acids is 1. The van der Waals surface area contributed by atoms with Crippen LogP contribution >= 0.6 is 0 Å². The van der Waals surface area contributed by atoms with Gasteiger partial charge in [-0.2, -0.15) is 0 Å². The minimum Gasteiger partial charge on any atom is -0.308 e. The van der Waals surface area contributed by atoms with E-state index in [0.717, 1.165) is 13.1 Å². The SMILES string of the molecule is O=[C]CNCCN1CCCC1. The van der Waals surface area contributed by atoms with Crippen molar-refractivity contribution in [1.82, 2.24) is 10.2 Å². The highest BCUT2D eigenvalue weighted by Gasteiger charge is 2.09. The molecular formula is C8H15N2O. The zero-order valence-corrected chi connectivity index (χ0v) is 6.81. The first-order chi connectivity index (χ1) is 5.43. The van der Waals surface area contributed by atoms with Crippen LogP contribution in [0.3, 0.4) is 0 Å². The van der Waals surface area contributed by atoms with E-state index in [1.807, 2.05) is 6.29 Å². The van der Waals surface area contributed by atoms with E-state index in [1.54, 1.807) is 0 Å². The van der Waals surface area contributed by atoms with Gasteiger partial charge in [0, 0.05) is 13.1 Å². The van der Waals surface area contributed by atoms with Crippen molar-refractivity contribution in [1.29, 1.82) is 0 Å². The largest absolute Gasteiger partial charge is 0.308 e. The number of rotatable bonds is 5. The van der Waals surface area contributed by atoms with Crippen molar-refractivity contribution in [2.24, 2.45) is 0 Å². The molecule has 3 nitrogen and oxygen atoms in total. The summed E-state index contributed by atoms with van der Waals surface area (Å²) in [7, 11) is 0.